The molecule has 0 radical (unpaired) electrons. The zero-order chi connectivity index (χ0) is 12.8. The molecule has 0 spiro atoms. The van der Waals surface area contributed by atoms with E-state index in [0.717, 1.165) is 17.7 Å². The van der Waals surface area contributed by atoms with Crippen molar-refractivity contribution >= 4 is 5.69 Å². The zero-order valence-electron chi connectivity index (χ0n) is 10.6. The van der Waals surface area contributed by atoms with Gasteiger partial charge in [-0.15, -0.1) is 0 Å². The van der Waals surface area contributed by atoms with Crippen LogP contribution in [-0.4, -0.2) is 33.5 Å². The minimum absolute atomic E-state index is 0.478. The van der Waals surface area contributed by atoms with Crippen molar-refractivity contribution in [3.8, 4) is 11.5 Å². The fourth-order valence-electron chi connectivity index (χ4n) is 1.76. The minimum Gasteiger partial charge on any atom is -0.486 e. The van der Waals surface area contributed by atoms with Crippen LogP contribution >= 0.6 is 0 Å². The second kappa shape index (κ2) is 6.47. The Bertz CT molecular complexity index is 395. The molecule has 100 valence electrons. The molecule has 1 aliphatic rings. The summed E-state index contributed by atoms with van der Waals surface area (Å²) < 4.78 is 21.5. The molecule has 1 aromatic carbocycles. The van der Waals surface area contributed by atoms with E-state index in [4.69, 9.17) is 24.7 Å². The molecule has 2 N–H and O–H groups in total. The van der Waals surface area contributed by atoms with E-state index in [-0.39, 0.29) is 0 Å². The lowest BCUT2D eigenvalue weighted by Gasteiger charge is -2.20. The highest BCUT2D eigenvalue weighted by atomic mass is 16.6. The first-order valence-electron chi connectivity index (χ1n) is 6.06. The molecule has 0 aliphatic carbocycles. The number of nitrogen functional groups attached to an aromatic ring is 1. The van der Waals surface area contributed by atoms with E-state index in [0.29, 0.717) is 44.5 Å². The van der Waals surface area contributed by atoms with Gasteiger partial charge in [0.1, 0.15) is 13.2 Å². The Morgan fingerprint density at radius 1 is 1.17 bits per heavy atom. The highest BCUT2D eigenvalue weighted by molar-refractivity contribution is 5.58. The molecule has 0 saturated carbocycles. The number of anilines is 1. The maximum absolute atomic E-state index is 5.95. The average molecular weight is 253 g/mol. The Kier molecular flexibility index (Phi) is 4.66. The topological polar surface area (TPSA) is 62.9 Å². The van der Waals surface area contributed by atoms with Crippen LogP contribution < -0.4 is 15.2 Å². The largest absolute Gasteiger partial charge is 0.486 e. The van der Waals surface area contributed by atoms with Gasteiger partial charge in [-0.05, 0) is 12.5 Å². The van der Waals surface area contributed by atoms with Crippen molar-refractivity contribution < 1.29 is 18.9 Å². The number of fused-ring (bicyclic) bond motifs is 1. The first kappa shape index (κ1) is 13.0. The van der Waals surface area contributed by atoms with Crippen LogP contribution in [0.4, 0.5) is 5.69 Å². The van der Waals surface area contributed by atoms with Crippen molar-refractivity contribution in [1.82, 2.24) is 0 Å². The lowest BCUT2D eigenvalue weighted by Crippen LogP contribution is -2.16. The quantitative estimate of drug-likeness (QED) is 0.616. The van der Waals surface area contributed by atoms with E-state index >= 15 is 0 Å². The number of hydrogen-bond acceptors (Lipinski definition) is 5. The summed E-state index contributed by atoms with van der Waals surface area (Å²) >= 11 is 0. The maximum atomic E-state index is 5.95. The second-order valence-electron chi connectivity index (χ2n) is 4.09. The highest BCUT2D eigenvalue weighted by Gasteiger charge is 2.14. The number of hydrogen-bond donors (Lipinski definition) is 1. The van der Waals surface area contributed by atoms with Gasteiger partial charge in [0.2, 0.25) is 0 Å². The fourth-order valence-corrected chi connectivity index (χ4v) is 1.76. The predicted octanol–water partition coefficient (Wildman–Crippen LogP) is 1.59. The third-order valence-electron chi connectivity index (χ3n) is 2.70. The van der Waals surface area contributed by atoms with Gasteiger partial charge in [0, 0.05) is 37.6 Å². The number of ether oxygens (including phenoxy) is 4. The van der Waals surface area contributed by atoms with E-state index in [1.165, 1.54) is 0 Å². The molecular formula is C13H19NO4. The van der Waals surface area contributed by atoms with Crippen LogP contribution in [0, 0.1) is 0 Å². The molecule has 5 heteroatoms. The smallest absolute Gasteiger partial charge is 0.163 e. The highest BCUT2D eigenvalue weighted by Crippen LogP contribution is 2.34. The number of rotatable bonds is 6. The summed E-state index contributed by atoms with van der Waals surface area (Å²) in [6.45, 7) is 2.98. The molecule has 0 atom stereocenters. The summed E-state index contributed by atoms with van der Waals surface area (Å²) in [7, 11) is 1.68. The van der Waals surface area contributed by atoms with Crippen molar-refractivity contribution in [2.75, 3.05) is 39.3 Å². The molecule has 0 aromatic heterocycles. The van der Waals surface area contributed by atoms with Gasteiger partial charge in [0.25, 0.3) is 0 Å². The van der Waals surface area contributed by atoms with Crippen LogP contribution in [-0.2, 0) is 16.1 Å². The van der Waals surface area contributed by atoms with Crippen LogP contribution in [0.25, 0.3) is 0 Å². The fraction of sp³-hybridized carbons (Fsp3) is 0.538. The number of methoxy groups -OCH3 is 1. The van der Waals surface area contributed by atoms with Crippen molar-refractivity contribution in [3.05, 3.63) is 17.7 Å². The molecule has 0 bridgehead atoms. The van der Waals surface area contributed by atoms with E-state index in [1.54, 1.807) is 13.2 Å². The van der Waals surface area contributed by atoms with Gasteiger partial charge in [-0.1, -0.05) is 0 Å². The van der Waals surface area contributed by atoms with Gasteiger partial charge in [-0.3, -0.25) is 0 Å². The molecule has 0 fully saturated rings. The van der Waals surface area contributed by atoms with Crippen LogP contribution in [0.2, 0.25) is 0 Å². The SMILES string of the molecule is COCCCOCc1cc2c(cc1N)OCCO2. The van der Waals surface area contributed by atoms with Crippen LogP contribution in [0.15, 0.2) is 12.1 Å². The van der Waals surface area contributed by atoms with E-state index in [9.17, 15) is 0 Å². The molecule has 1 aliphatic heterocycles. The van der Waals surface area contributed by atoms with Gasteiger partial charge < -0.3 is 24.7 Å². The Morgan fingerprint density at radius 3 is 2.61 bits per heavy atom. The summed E-state index contributed by atoms with van der Waals surface area (Å²) in [5.41, 5.74) is 7.54. The van der Waals surface area contributed by atoms with Crippen LogP contribution in [0.5, 0.6) is 11.5 Å². The molecule has 0 amide bonds. The summed E-state index contributed by atoms with van der Waals surface area (Å²) in [5, 5.41) is 0. The molecule has 5 nitrogen and oxygen atoms in total. The van der Waals surface area contributed by atoms with Crippen molar-refractivity contribution in [2.45, 2.75) is 13.0 Å². The molecule has 18 heavy (non-hydrogen) atoms. The normalized spacial score (nSPS) is 13.6. The Labute approximate surface area is 107 Å². The standard InChI is InChI=1S/C13H19NO4/c1-15-3-2-4-16-9-10-7-12-13(8-11(10)14)18-6-5-17-12/h7-8H,2-6,9,14H2,1H3. The lowest BCUT2D eigenvalue weighted by molar-refractivity contribution is 0.0927. The van der Waals surface area contributed by atoms with E-state index in [1.807, 2.05) is 6.07 Å². The first-order valence-corrected chi connectivity index (χ1v) is 6.06. The lowest BCUT2D eigenvalue weighted by atomic mass is 10.1. The number of nitrogens with two attached hydrogens (primary N) is 1. The molecular weight excluding hydrogens is 234 g/mol. The maximum Gasteiger partial charge on any atom is 0.163 e. The van der Waals surface area contributed by atoms with Gasteiger partial charge >= 0.3 is 0 Å². The molecule has 1 aromatic rings. The molecule has 0 unspecified atom stereocenters. The van der Waals surface area contributed by atoms with Crippen LogP contribution in [0.1, 0.15) is 12.0 Å². The predicted molar refractivity (Wildman–Crippen MR) is 68.0 cm³/mol. The van der Waals surface area contributed by atoms with Crippen molar-refractivity contribution in [1.29, 1.82) is 0 Å². The third-order valence-corrected chi connectivity index (χ3v) is 2.70. The molecule has 0 saturated heterocycles. The van der Waals surface area contributed by atoms with Crippen LogP contribution in [0.3, 0.4) is 0 Å². The van der Waals surface area contributed by atoms with Crippen molar-refractivity contribution in [2.24, 2.45) is 0 Å². The van der Waals surface area contributed by atoms with Gasteiger partial charge in [-0.2, -0.15) is 0 Å². The number of benzene rings is 1. The monoisotopic (exact) mass is 253 g/mol. The zero-order valence-corrected chi connectivity index (χ0v) is 10.6. The Hall–Kier alpha value is -1.46. The first-order chi connectivity index (χ1) is 8.81. The summed E-state index contributed by atoms with van der Waals surface area (Å²) in [6, 6.07) is 3.68. The average Bonchev–Trinajstić information content (AvgIpc) is 2.39. The summed E-state index contributed by atoms with van der Waals surface area (Å²) in [5.74, 6) is 1.45. The van der Waals surface area contributed by atoms with Gasteiger partial charge in [0.15, 0.2) is 11.5 Å². The van der Waals surface area contributed by atoms with E-state index in [2.05, 4.69) is 0 Å². The second-order valence-corrected chi connectivity index (χ2v) is 4.09. The van der Waals surface area contributed by atoms with E-state index < -0.39 is 0 Å². The summed E-state index contributed by atoms with van der Waals surface area (Å²) in [4.78, 5) is 0. The molecule has 2 rings (SSSR count). The van der Waals surface area contributed by atoms with Gasteiger partial charge in [-0.25, -0.2) is 0 Å². The van der Waals surface area contributed by atoms with Crippen molar-refractivity contribution in [3.63, 3.8) is 0 Å². The summed E-state index contributed by atoms with van der Waals surface area (Å²) in [6.07, 6.45) is 0.876. The minimum atomic E-state index is 0.478. The molecule has 1 heterocycles. The third kappa shape index (κ3) is 3.27. The Morgan fingerprint density at radius 2 is 1.89 bits per heavy atom. The Balaban J connectivity index is 1.91. The van der Waals surface area contributed by atoms with Gasteiger partial charge in [0.05, 0.1) is 6.61 Å².